The largest absolute Gasteiger partial charge is 0.456 e. The zero-order valence-corrected chi connectivity index (χ0v) is 19.2. The van der Waals surface area contributed by atoms with Crippen molar-refractivity contribution in [3.8, 4) is 18.1 Å². The minimum Gasteiger partial charge on any atom is -0.456 e. The lowest BCUT2D eigenvalue weighted by Gasteiger charge is -2.13. The van der Waals surface area contributed by atoms with E-state index in [-0.39, 0.29) is 0 Å². The summed E-state index contributed by atoms with van der Waals surface area (Å²) < 4.78 is 7.77. The lowest BCUT2D eigenvalue weighted by atomic mass is 10.2. The van der Waals surface area contributed by atoms with E-state index in [4.69, 9.17) is 22.8 Å². The molecule has 0 spiro atoms. The molecule has 0 unspecified atom stereocenters. The Hall–Kier alpha value is -3.88. The molecule has 0 aliphatic heterocycles. The van der Waals surface area contributed by atoms with Crippen molar-refractivity contribution in [3.05, 3.63) is 95.8 Å². The van der Waals surface area contributed by atoms with Gasteiger partial charge in [0.05, 0.1) is 16.4 Å². The number of allylic oxidation sites excluding steroid dienone is 1. The van der Waals surface area contributed by atoms with Gasteiger partial charge in [-0.15, -0.1) is 13.0 Å². The highest BCUT2D eigenvalue weighted by Crippen LogP contribution is 2.30. The van der Waals surface area contributed by atoms with Gasteiger partial charge in [-0.1, -0.05) is 36.2 Å². The number of carbonyl (C=O) groups is 1. The quantitative estimate of drug-likeness (QED) is 0.255. The molecule has 6 heteroatoms. The van der Waals surface area contributed by atoms with E-state index < -0.39 is 6.03 Å². The van der Waals surface area contributed by atoms with Crippen molar-refractivity contribution < 1.29 is 9.53 Å². The summed E-state index contributed by atoms with van der Waals surface area (Å²) in [6.45, 7) is 11.2. The van der Waals surface area contributed by atoms with Crippen LogP contribution < -0.4 is 15.4 Å². The normalized spacial score (nSPS) is 9.59. The molecule has 0 aliphatic rings. The predicted octanol–water partition coefficient (Wildman–Crippen LogP) is 6.85. The third-order valence-corrected chi connectivity index (χ3v) is 4.57. The third-order valence-electron chi connectivity index (χ3n) is 4.26. The molecule has 3 aromatic rings. The Morgan fingerprint density at radius 2 is 1.94 bits per heavy atom. The summed E-state index contributed by atoms with van der Waals surface area (Å²) in [6.07, 6.45) is 9.07. The molecular weight excluding hydrogens is 422 g/mol. The number of rotatable bonds is 5. The fraction of sp³-hybridized carbons (Fsp3) is 0.115. The van der Waals surface area contributed by atoms with E-state index in [0.29, 0.717) is 33.5 Å². The number of aromatic nitrogens is 1. The maximum atomic E-state index is 12.2. The maximum absolute atomic E-state index is 12.2. The first-order valence-corrected chi connectivity index (χ1v) is 10.2. The summed E-state index contributed by atoms with van der Waals surface area (Å²) in [5, 5.41) is 5.76. The lowest BCUT2D eigenvalue weighted by molar-refractivity contribution is 0.262. The first kappa shape index (κ1) is 24.4. The average Bonchev–Trinajstić information content (AvgIpc) is 3.09. The number of benzene rings is 2. The number of anilines is 2. The van der Waals surface area contributed by atoms with Crippen molar-refractivity contribution in [1.29, 1.82) is 0 Å². The molecule has 2 aromatic carbocycles. The average molecular weight is 448 g/mol. The van der Waals surface area contributed by atoms with Crippen LogP contribution in [0.3, 0.4) is 0 Å². The molecule has 0 radical (unpaired) electrons. The van der Waals surface area contributed by atoms with Crippen LogP contribution in [0, 0.1) is 19.3 Å². The Balaban J connectivity index is 0.00000114. The molecule has 5 nitrogen and oxygen atoms in total. The summed E-state index contributed by atoms with van der Waals surface area (Å²) in [4.78, 5) is 12.2. The van der Waals surface area contributed by atoms with Crippen LogP contribution in [0.5, 0.6) is 5.75 Å². The first-order valence-electron chi connectivity index (χ1n) is 9.79. The summed E-state index contributed by atoms with van der Waals surface area (Å²) in [7, 11) is 1.93. The summed E-state index contributed by atoms with van der Waals surface area (Å²) >= 11 is 6.31. The Kier molecular flexibility index (Phi) is 8.76. The second kappa shape index (κ2) is 11.5. The monoisotopic (exact) mass is 447 g/mol. The number of nitrogens with one attached hydrogen (secondary N) is 2. The van der Waals surface area contributed by atoms with Gasteiger partial charge >= 0.3 is 6.03 Å². The van der Waals surface area contributed by atoms with E-state index in [0.717, 1.165) is 11.3 Å². The molecule has 1 aromatic heterocycles. The van der Waals surface area contributed by atoms with E-state index in [1.807, 2.05) is 37.7 Å². The lowest BCUT2D eigenvalue weighted by Crippen LogP contribution is -2.19. The van der Waals surface area contributed by atoms with Crippen molar-refractivity contribution >= 4 is 34.8 Å². The van der Waals surface area contributed by atoms with Gasteiger partial charge in [-0.25, -0.2) is 4.79 Å². The fourth-order valence-corrected chi connectivity index (χ4v) is 3.11. The zero-order valence-electron chi connectivity index (χ0n) is 18.4. The molecule has 0 fully saturated rings. The van der Waals surface area contributed by atoms with Crippen molar-refractivity contribution in [1.82, 2.24) is 4.57 Å². The van der Waals surface area contributed by atoms with Crippen LogP contribution >= 0.6 is 11.6 Å². The van der Waals surface area contributed by atoms with Gasteiger partial charge in [-0.2, -0.15) is 0 Å². The summed E-state index contributed by atoms with van der Waals surface area (Å²) in [6, 6.07) is 13.6. The van der Waals surface area contributed by atoms with E-state index in [9.17, 15) is 4.79 Å². The summed E-state index contributed by atoms with van der Waals surface area (Å²) in [5.41, 5.74) is 3.67. The molecule has 164 valence electrons. The number of aryl methyl sites for hydroxylation is 2. The van der Waals surface area contributed by atoms with Crippen LogP contribution in [-0.2, 0) is 7.05 Å². The Morgan fingerprint density at radius 3 is 2.53 bits per heavy atom. The van der Waals surface area contributed by atoms with Crippen molar-refractivity contribution in [2.75, 3.05) is 10.6 Å². The zero-order chi connectivity index (χ0) is 23.7. The number of hydrogen-bond donors (Lipinski definition) is 2. The standard InChI is InChI=1S/C23H20ClN3O2.C3H6/c1-5-17-7-6-8-18(13-17)25-23(28)26-21-10-9-19(14-20(21)24)29-16(3)22-15(2)11-12-27(22)4;1-3-2/h1,6-14H,3H2,2,4H3,(H2,25,26,28);3H,1H2,2H3. The molecule has 0 bridgehead atoms. The fourth-order valence-electron chi connectivity index (χ4n) is 2.89. The molecule has 0 saturated carbocycles. The van der Waals surface area contributed by atoms with Gasteiger partial charge in [0, 0.05) is 30.6 Å². The van der Waals surface area contributed by atoms with Crippen molar-refractivity contribution in [3.63, 3.8) is 0 Å². The molecule has 0 aliphatic carbocycles. The number of carbonyl (C=O) groups excluding carboxylic acids is 1. The van der Waals surface area contributed by atoms with Crippen molar-refractivity contribution in [2.45, 2.75) is 13.8 Å². The molecule has 3 rings (SSSR count). The maximum Gasteiger partial charge on any atom is 0.323 e. The van der Waals surface area contributed by atoms with E-state index in [1.165, 1.54) is 0 Å². The SMILES string of the molecule is C#Cc1cccc(NC(=O)Nc2ccc(OC(=C)c3c(C)ccn3C)cc2Cl)c1.C=CC. The highest BCUT2D eigenvalue weighted by atomic mass is 35.5. The smallest absolute Gasteiger partial charge is 0.323 e. The van der Waals surface area contributed by atoms with Crippen LogP contribution in [0.1, 0.15) is 23.7 Å². The van der Waals surface area contributed by atoms with Crippen molar-refractivity contribution in [2.24, 2.45) is 7.05 Å². The Morgan fingerprint density at radius 1 is 1.22 bits per heavy atom. The highest BCUT2D eigenvalue weighted by Gasteiger charge is 2.12. The molecular formula is C26H26ClN3O2. The number of ether oxygens (including phenoxy) is 1. The van der Waals surface area contributed by atoms with Gasteiger partial charge in [0.2, 0.25) is 0 Å². The molecule has 0 saturated heterocycles. The number of terminal acetylenes is 1. The molecule has 2 amide bonds. The number of urea groups is 1. The van der Waals surface area contributed by atoms with E-state index in [2.05, 4.69) is 29.7 Å². The second-order valence-electron chi connectivity index (χ2n) is 6.84. The minimum atomic E-state index is -0.432. The highest BCUT2D eigenvalue weighted by molar-refractivity contribution is 6.34. The molecule has 1 heterocycles. The van der Waals surface area contributed by atoms with Crippen LogP contribution in [-0.4, -0.2) is 10.6 Å². The molecule has 0 atom stereocenters. The molecule has 2 N–H and O–H groups in total. The summed E-state index contributed by atoms with van der Waals surface area (Å²) in [5.74, 6) is 3.56. The number of nitrogens with zero attached hydrogens (tertiary/aromatic N) is 1. The van der Waals surface area contributed by atoms with Gasteiger partial charge in [0.25, 0.3) is 0 Å². The number of amides is 2. The van der Waals surface area contributed by atoms with Crippen LogP contribution in [0.4, 0.5) is 16.2 Å². The Labute approximate surface area is 194 Å². The van der Waals surface area contributed by atoms with Gasteiger partial charge in [0.15, 0.2) is 0 Å². The minimum absolute atomic E-state index is 0.339. The Bertz CT molecular complexity index is 1150. The predicted molar refractivity (Wildman–Crippen MR) is 134 cm³/mol. The van der Waals surface area contributed by atoms with Crippen LogP contribution in [0.25, 0.3) is 5.76 Å². The van der Waals surface area contributed by atoms with E-state index in [1.54, 1.807) is 48.5 Å². The van der Waals surface area contributed by atoms with Gasteiger partial charge in [-0.05, 0) is 55.8 Å². The molecule has 32 heavy (non-hydrogen) atoms. The second-order valence-corrected chi connectivity index (χ2v) is 7.24. The van der Waals surface area contributed by atoms with Crippen LogP contribution in [0.2, 0.25) is 5.02 Å². The van der Waals surface area contributed by atoms with Gasteiger partial charge < -0.3 is 19.9 Å². The van der Waals surface area contributed by atoms with Gasteiger partial charge in [0.1, 0.15) is 11.5 Å². The van der Waals surface area contributed by atoms with E-state index >= 15 is 0 Å². The van der Waals surface area contributed by atoms with Gasteiger partial charge in [-0.3, -0.25) is 0 Å². The first-order chi connectivity index (χ1) is 15.3. The van der Waals surface area contributed by atoms with Crippen LogP contribution in [0.15, 0.2) is 74.0 Å². The number of hydrogen-bond acceptors (Lipinski definition) is 2. The topological polar surface area (TPSA) is 55.3 Å². The third kappa shape index (κ3) is 6.56. The number of halogens is 1.